The van der Waals surface area contributed by atoms with Gasteiger partial charge in [-0.3, -0.25) is 0 Å². The lowest BCUT2D eigenvalue weighted by molar-refractivity contribution is -0.0704. The van der Waals surface area contributed by atoms with Crippen LogP contribution in [0.25, 0.3) is 0 Å². The number of nitrogens with one attached hydrogen (secondary N) is 3. The van der Waals surface area contributed by atoms with E-state index in [-0.39, 0.29) is 5.04 Å². The van der Waals surface area contributed by atoms with Crippen LogP contribution in [0, 0.1) is 40.4 Å². The molecule has 46 heavy (non-hydrogen) atoms. The van der Waals surface area contributed by atoms with E-state index in [4.69, 9.17) is 9.41 Å². The Kier molecular flexibility index (Phi) is 10.1. The fourth-order valence-electron chi connectivity index (χ4n) is 8.96. The molecular formula is C36H55N7OSSi. The van der Waals surface area contributed by atoms with Gasteiger partial charge in [0.15, 0.2) is 8.32 Å². The third kappa shape index (κ3) is 7.43. The maximum atomic E-state index is 9.83. The summed E-state index contributed by atoms with van der Waals surface area (Å²) < 4.78 is 6.77. The van der Waals surface area contributed by atoms with E-state index in [2.05, 4.69) is 71.9 Å². The van der Waals surface area contributed by atoms with Gasteiger partial charge in [0.1, 0.15) is 22.5 Å². The SMILES string of the molecule is CSc1ncccc1CNc1ncc(C#N)c(NC[C@]23CC4C[C@H](C2)[C@@H](NC[C@H]2CC[C@H](O[Si](C)(C)C(C)(C)C)CC2)[C@@H](C4)C3)n1. The van der Waals surface area contributed by atoms with Crippen molar-refractivity contribution < 1.29 is 4.43 Å². The normalized spacial score (nSPS) is 30.6. The number of nitrogens with zero attached hydrogens (tertiary/aromatic N) is 4. The van der Waals surface area contributed by atoms with Crippen molar-refractivity contribution in [2.24, 2.45) is 29.1 Å². The maximum absolute atomic E-state index is 9.83. The average molecular weight is 662 g/mol. The van der Waals surface area contributed by atoms with Crippen LogP contribution in [0.3, 0.4) is 0 Å². The van der Waals surface area contributed by atoms with Gasteiger partial charge in [-0.05, 0) is 124 Å². The number of thioether (sulfide) groups is 1. The van der Waals surface area contributed by atoms with Gasteiger partial charge in [-0.1, -0.05) is 26.8 Å². The van der Waals surface area contributed by atoms with E-state index in [1.54, 1.807) is 18.0 Å². The number of nitriles is 1. The van der Waals surface area contributed by atoms with Crippen molar-refractivity contribution >= 4 is 31.8 Å². The highest BCUT2D eigenvalue weighted by Gasteiger charge is 2.55. The molecule has 5 aliphatic carbocycles. The zero-order valence-electron chi connectivity index (χ0n) is 28.9. The Balaban J connectivity index is 1.01. The first kappa shape index (κ1) is 33.7. The molecule has 0 amide bonds. The molecular weight excluding hydrogens is 607 g/mol. The molecule has 2 aromatic heterocycles. The average Bonchev–Trinajstić information content (AvgIpc) is 3.02. The first-order valence-corrected chi connectivity index (χ1v) is 21.7. The van der Waals surface area contributed by atoms with Crippen molar-refractivity contribution in [3.05, 3.63) is 35.7 Å². The molecule has 0 aliphatic heterocycles. The zero-order chi connectivity index (χ0) is 32.5. The molecule has 1 unspecified atom stereocenters. The molecule has 5 aliphatic rings. The van der Waals surface area contributed by atoms with Gasteiger partial charge in [0, 0.05) is 37.0 Å². The number of anilines is 2. The third-order valence-electron chi connectivity index (χ3n) is 12.1. The lowest BCUT2D eigenvalue weighted by atomic mass is 9.48. The topological polar surface area (TPSA) is 108 Å². The lowest BCUT2D eigenvalue weighted by Crippen LogP contribution is -2.60. The van der Waals surface area contributed by atoms with Crippen LogP contribution < -0.4 is 16.0 Å². The van der Waals surface area contributed by atoms with Gasteiger partial charge in [0.05, 0.1) is 6.20 Å². The van der Waals surface area contributed by atoms with Crippen LogP contribution in [0.5, 0.6) is 0 Å². The molecule has 0 radical (unpaired) electrons. The molecule has 2 heterocycles. The van der Waals surface area contributed by atoms with Gasteiger partial charge in [0.25, 0.3) is 0 Å². The van der Waals surface area contributed by atoms with Crippen LogP contribution in [-0.2, 0) is 11.0 Å². The summed E-state index contributed by atoms with van der Waals surface area (Å²) >= 11 is 1.63. The quantitative estimate of drug-likeness (QED) is 0.155. The summed E-state index contributed by atoms with van der Waals surface area (Å²) in [6, 6.07) is 6.99. The Morgan fingerprint density at radius 2 is 1.80 bits per heavy atom. The molecule has 250 valence electrons. The molecule has 0 aromatic carbocycles. The number of aromatic nitrogens is 3. The first-order chi connectivity index (χ1) is 22.0. The van der Waals surface area contributed by atoms with Crippen molar-refractivity contribution in [1.29, 1.82) is 5.26 Å². The second-order valence-electron chi connectivity index (χ2n) is 16.4. The van der Waals surface area contributed by atoms with Crippen molar-refractivity contribution in [3.8, 4) is 6.07 Å². The largest absolute Gasteiger partial charge is 0.414 e. The van der Waals surface area contributed by atoms with Gasteiger partial charge in [-0.25, -0.2) is 9.97 Å². The summed E-state index contributed by atoms with van der Waals surface area (Å²) in [6.07, 6.45) is 17.6. The molecule has 2 aromatic rings. The molecule has 0 spiro atoms. The van der Waals surface area contributed by atoms with E-state index in [0.717, 1.165) is 40.8 Å². The Hall–Kier alpha value is -2.19. The fourth-order valence-corrected chi connectivity index (χ4v) is 11.0. The van der Waals surface area contributed by atoms with Gasteiger partial charge in [-0.2, -0.15) is 10.2 Å². The third-order valence-corrected chi connectivity index (χ3v) is 17.4. The summed E-state index contributed by atoms with van der Waals surface area (Å²) in [6.45, 7) is 14.5. The summed E-state index contributed by atoms with van der Waals surface area (Å²) in [5.74, 6) is 4.32. The minimum absolute atomic E-state index is 0.281. The predicted octanol–water partition coefficient (Wildman–Crippen LogP) is 7.85. The van der Waals surface area contributed by atoms with Crippen molar-refractivity contribution in [3.63, 3.8) is 0 Å². The Bertz CT molecular complexity index is 1380. The first-order valence-electron chi connectivity index (χ1n) is 17.6. The highest BCUT2D eigenvalue weighted by atomic mass is 32.2. The number of hydrogen-bond donors (Lipinski definition) is 3. The van der Waals surface area contributed by atoms with Crippen molar-refractivity contribution in [2.75, 3.05) is 30.0 Å². The van der Waals surface area contributed by atoms with E-state index >= 15 is 0 Å². The molecule has 5 fully saturated rings. The molecule has 3 N–H and O–H groups in total. The minimum Gasteiger partial charge on any atom is -0.414 e. The van der Waals surface area contributed by atoms with E-state index in [1.165, 1.54) is 64.3 Å². The second-order valence-corrected chi connectivity index (χ2v) is 21.9. The van der Waals surface area contributed by atoms with E-state index < -0.39 is 8.32 Å². The smallest absolute Gasteiger partial charge is 0.224 e. The second kappa shape index (κ2) is 13.7. The van der Waals surface area contributed by atoms with Crippen LogP contribution in [0.2, 0.25) is 18.1 Å². The van der Waals surface area contributed by atoms with Gasteiger partial charge in [-0.15, -0.1) is 11.8 Å². The minimum atomic E-state index is -1.69. The zero-order valence-corrected chi connectivity index (χ0v) is 30.7. The Labute approximate surface area is 282 Å². The Morgan fingerprint density at radius 1 is 1.07 bits per heavy atom. The molecule has 8 nitrogen and oxygen atoms in total. The summed E-state index contributed by atoms with van der Waals surface area (Å²) in [5, 5.41) is 22.2. The molecule has 10 heteroatoms. The monoisotopic (exact) mass is 661 g/mol. The number of pyridine rings is 1. The standard InChI is InChI=1S/C36H55N7OSSi/c1-35(2,3)46(5,6)44-30-11-9-24(10-12-30)20-39-31-27-14-25-15-28(31)18-36(16-25,17-27)23-42-32-29(19-37)22-41-34(43-32)40-21-26-8-7-13-38-33(26)45-4/h7-8,13,22,24-25,27-28,30-31,39H,9-12,14-18,20-21,23H2,1-6H3,(H2,40,41,42,43)/t24-,25?,27-,28+,30-,31-,36-. The van der Waals surface area contributed by atoms with Crippen LogP contribution in [-0.4, -0.2) is 54.8 Å². The van der Waals surface area contributed by atoms with Crippen LogP contribution >= 0.6 is 11.8 Å². The summed E-state index contributed by atoms with van der Waals surface area (Å²) in [4.78, 5) is 13.6. The fraction of sp³-hybridized carbons (Fsp3) is 0.722. The molecule has 7 rings (SSSR count). The lowest BCUT2D eigenvalue weighted by Gasteiger charge is -2.60. The predicted molar refractivity (Wildman–Crippen MR) is 190 cm³/mol. The molecule has 5 atom stereocenters. The van der Waals surface area contributed by atoms with Gasteiger partial charge >= 0.3 is 0 Å². The van der Waals surface area contributed by atoms with E-state index in [1.807, 2.05) is 18.5 Å². The summed E-state index contributed by atoms with van der Waals surface area (Å²) in [5.41, 5.74) is 1.91. The summed E-state index contributed by atoms with van der Waals surface area (Å²) in [7, 11) is -1.69. The van der Waals surface area contributed by atoms with Crippen molar-refractivity contribution in [1.82, 2.24) is 20.3 Å². The van der Waals surface area contributed by atoms with Gasteiger partial charge in [0.2, 0.25) is 5.95 Å². The number of hydrogen-bond acceptors (Lipinski definition) is 9. The van der Waals surface area contributed by atoms with Crippen LogP contribution in [0.4, 0.5) is 11.8 Å². The molecule has 5 saturated carbocycles. The molecule has 0 saturated heterocycles. The van der Waals surface area contributed by atoms with Crippen molar-refractivity contribution in [2.45, 2.75) is 120 Å². The van der Waals surface area contributed by atoms with Gasteiger partial charge < -0.3 is 20.4 Å². The maximum Gasteiger partial charge on any atom is 0.224 e. The van der Waals surface area contributed by atoms with E-state index in [0.29, 0.717) is 41.4 Å². The van der Waals surface area contributed by atoms with E-state index in [9.17, 15) is 5.26 Å². The molecule has 4 bridgehead atoms. The highest BCUT2D eigenvalue weighted by molar-refractivity contribution is 7.98. The highest BCUT2D eigenvalue weighted by Crippen LogP contribution is 2.60. The number of rotatable bonds is 12. The van der Waals surface area contributed by atoms with Crippen LogP contribution in [0.1, 0.15) is 89.7 Å². The Morgan fingerprint density at radius 3 is 2.48 bits per heavy atom. The van der Waals surface area contributed by atoms with Crippen LogP contribution in [0.15, 0.2) is 29.6 Å².